The van der Waals surface area contributed by atoms with E-state index in [1.807, 2.05) is 12.1 Å². The first-order chi connectivity index (χ1) is 18.7. The number of carbonyl (C=O) groups is 1. The van der Waals surface area contributed by atoms with Gasteiger partial charge in [0.2, 0.25) is 0 Å². The average Bonchev–Trinajstić information content (AvgIpc) is 3.58. The number of methoxy groups -OCH3 is 1. The van der Waals surface area contributed by atoms with Crippen LogP contribution in [-0.2, 0) is 12.0 Å². The molecule has 5 rings (SSSR count). The second-order valence-electron chi connectivity index (χ2n) is 9.96. The minimum Gasteiger partial charge on any atom is -0.493 e. The van der Waals surface area contributed by atoms with Gasteiger partial charge in [0.15, 0.2) is 11.5 Å². The molecule has 0 radical (unpaired) electrons. The number of para-hydroxylation sites is 1. The molecule has 3 heterocycles. The van der Waals surface area contributed by atoms with E-state index in [1.165, 1.54) is 24.1 Å². The third-order valence-corrected chi connectivity index (χ3v) is 7.12. The van der Waals surface area contributed by atoms with Gasteiger partial charge in [0.1, 0.15) is 30.4 Å². The maximum atomic E-state index is 14.4. The van der Waals surface area contributed by atoms with Crippen molar-refractivity contribution in [2.45, 2.75) is 24.9 Å². The van der Waals surface area contributed by atoms with Gasteiger partial charge in [0.25, 0.3) is 5.91 Å². The highest BCUT2D eigenvalue weighted by atomic mass is 19.1. The molecule has 0 bridgehead atoms. The first-order valence-corrected chi connectivity index (χ1v) is 12.8. The van der Waals surface area contributed by atoms with Crippen molar-refractivity contribution in [2.75, 3.05) is 52.5 Å². The Morgan fingerprint density at radius 2 is 2.10 bits per heavy atom. The molecule has 2 aliphatic rings. The van der Waals surface area contributed by atoms with E-state index in [2.05, 4.69) is 5.32 Å². The van der Waals surface area contributed by atoms with Crippen molar-refractivity contribution < 1.29 is 32.9 Å². The molecule has 2 aliphatic heterocycles. The molecular formula is C29H31F2N3O5. The summed E-state index contributed by atoms with van der Waals surface area (Å²) in [6.07, 6.45) is 0.662. The number of hydrogen-bond acceptors (Lipinski definition) is 7. The number of nitrogens with zero attached hydrogens (tertiary/aromatic N) is 2. The molecule has 0 fully saturated rings. The number of anilines is 1. The van der Waals surface area contributed by atoms with Crippen molar-refractivity contribution in [2.24, 2.45) is 0 Å². The third kappa shape index (κ3) is 5.08. The Balaban J connectivity index is 1.41. The summed E-state index contributed by atoms with van der Waals surface area (Å²) in [6.45, 7) is 1.75. The van der Waals surface area contributed by atoms with Crippen LogP contribution < -0.4 is 19.5 Å². The average molecular weight is 540 g/mol. The molecule has 0 aliphatic carbocycles. The smallest absolute Gasteiger partial charge is 0.253 e. The zero-order chi connectivity index (χ0) is 27.7. The summed E-state index contributed by atoms with van der Waals surface area (Å²) in [6, 6.07) is 11.4. The lowest BCUT2D eigenvalue weighted by Crippen LogP contribution is -2.40. The van der Waals surface area contributed by atoms with Crippen LogP contribution in [0.15, 0.2) is 42.5 Å². The standard InChI is InChI=1S/C29H31F2N3O5/c1-29(36,16-34(2)28(35)18-7-8-22(38-12-10-30)23(13-18)37-3)24-14-17-9-11-39-27(17)26(33-24)20-15-32-25-19(20)5-4-6-21(25)31/h4-8,13-14,20,32,36H,9-12,15-16H2,1-3H3. The molecule has 8 nitrogen and oxygen atoms in total. The lowest BCUT2D eigenvalue weighted by atomic mass is 9.92. The van der Waals surface area contributed by atoms with Gasteiger partial charge in [-0.3, -0.25) is 9.78 Å². The fourth-order valence-electron chi connectivity index (χ4n) is 5.21. The molecule has 2 aromatic carbocycles. The number of benzene rings is 2. The number of rotatable bonds is 9. The number of alkyl halides is 1. The summed E-state index contributed by atoms with van der Waals surface area (Å²) in [4.78, 5) is 19.5. The van der Waals surface area contributed by atoms with Crippen LogP contribution in [0.4, 0.5) is 14.5 Å². The van der Waals surface area contributed by atoms with Crippen LogP contribution in [0.3, 0.4) is 0 Å². The number of likely N-dealkylation sites (N-methyl/N-ethyl adjacent to an activating group) is 1. The van der Waals surface area contributed by atoms with Gasteiger partial charge in [-0.15, -0.1) is 0 Å². The molecule has 2 N–H and O–H groups in total. The summed E-state index contributed by atoms with van der Waals surface area (Å²) in [5, 5.41) is 14.7. The lowest BCUT2D eigenvalue weighted by molar-refractivity contribution is 0.0180. The number of fused-ring (bicyclic) bond motifs is 2. The second kappa shape index (κ2) is 10.7. The van der Waals surface area contributed by atoms with Crippen LogP contribution in [-0.4, -0.2) is 68.0 Å². The summed E-state index contributed by atoms with van der Waals surface area (Å²) in [7, 11) is 3.03. The Morgan fingerprint density at radius 3 is 2.87 bits per heavy atom. The molecule has 2 atom stereocenters. The zero-order valence-electron chi connectivity index (χ0n) is 22.1. The maximum absolute atomic E-state index is 14.4. The molecule has 206 valence electrons. The van der Waals surface area contributed by atoms with E-state index in [0.717, 1.165) is 11.1 Å². The maximum Gasteiger partial charge on any atom is 0.253 e. The summed E-state index contributed by atoms with van der Waals surface area (Å²) in [5.41, 5.74) is 2.03. The van der Waals surface area contributed by atoms with Crippen molar-refractivity contribution in [1.29, 1.82) is 0 Å². The van der Waals surface area contributed by atoms with E-state index in [9.17, 15) is 18.7 Å². The van der Waals surface area contributed by atoms with Crippen molar-refractivity contribution in [3.8, 4) is 17.2 Å². The number of hydrogen-bond donors (Lipinski definition) is 2. The minimum atomic E-state index is -1.50. The first kappa shape index (κ1) is 26.7. The highest BCUT2D eigenvalue weighted by Crippen LogP contribution is 2.43. The van der Waals surface area contributed by atoms with Gasteiger partial charge in [-0.25, -0.2) is 8.78 Å². The van der Waals surface area contributed by atoms with Gasteiger partial charge >= 0.3 is 0 Å². The highest BCUT2D eigenvalue weighted by Gasteiger charge is 2.36. The molecule has 0 saturated carbocycles. The Labute approximate surface area is 225 Å². The summed E-state index contributed by atoms with van der Waals surface area (Å²) >= 11 is 0. The topological polar surface area (TPSA) is 93.2 Å². The fourth-order valence-corrected chi connectivity index (χ4v) is 5.21. The SMILES string of the molecule is COc1cc(C(=O)N(C)CC(C)(O)c2cc3c(c(C4CNc5c(F)cccc54)n2)OCC3)ccc1OCCF. The molecule has 0 spiro atoms. The van der Waals surface area contributed by atoms with Crippen molar-refractivity contribution in [3.05, 3.63) is 76.4 Å². The minimum absolute atomic E-state index is 0.0472. The number of ether oxygens (including phenoxy) is 3. The Hall–Kier alpha value is -3.92. The predicted molar refractivity (Wildman–Crippen MR) is 141 cm³/mol. The van der Waals surface area contributed by atoms with Gasteiger partial charge in [0, 0.05) is 37.1 Å². The molecule has 0 saturated heterocycles. The number of carbonyl (C=O) groups excluding carboxylic acids is 1. The number of aliphatic hydroxyl groups is 1. The largest absolute Gasteiger partial charge is 0.493 e. The van der Waals surface area contributed by atoms with Gasteiger partial charge in [-0.2, -0.15) is 0 Å². The van der Waals surface area contributed by atoms with E-state index in [1.54, 1.807) is 32.2 Å². The Morgan fingerprint density at radius 1 is 1.28 bits per heavy atom. The number of nitrogens with one attached hydrogen (secondary N) is 1. The van der Waals surface area contributed by atoms with Crippen LogP contribution in [0.2, 0.25) is 0 Å². The molecule has 3 aromatic rings. The third-order valence-electron chi connectivity index (χ3n) is 7.12. The zero-order valence-corrected chi connectivity index (χ0v) is 22.1. The van der Waals surface area contributed by atoms with E-state index in [4.69, 9.17) is 19.2 Å². The van der Waals surface area contributed by atoms with Crippen LogP contribution >= 0.6 is 0 Å². The van der Waals surface area contributed by atoms with Crippen molar-refractivity contribution in [3.63, 3.8) is 0 Å². The first-order valence-electron chi connectivity index (χ1n) is 12.8. The highest BCUT2D eigenvalue weighted by molar-refractivity contribution is 5.94. The number of amides is 1. The van der Waals surface area contributed by atoms with E-state index in [0.29, 0.717) is 59.5 Å². The Bertz CT molecular complexity index is 1400. The monoisotopic (exact) mass is 539 g/mol. The summed E-state index contributed by atoms with van der Waals surface area (Å²) < 4.78 is 43.4. The molecule has 10 heteroatoms. The van der Waals surface area contributed by atoms with E-state index >= 15 is 0 Å². The van der Waals surface area contributed by atoms with E-state index < -0.39 is 12.3 Å². The van der Waals surface area contributed by atoms with Gasteiger partial charge in [-0.1, -0.05) is 12.1 Å². The quantitative estimate of drug-likeness (QED) is 0.424. The van der Waals surface area contributed by atoms with Crippen LogP contribution in [0.25, 0.3) is 0 Å². The van der Waals surface area contributed by atoms with Gasteiger partial charge in [0.05, 0.1) is 37.3 Å². The van der Waals surface area contributed by atoms with Crippen molar-refractivity contribution in [1.82, 2.24) is 9.88 Å². The lowest BCUT2D eigenvalue weighted by Gasteiger charge is -2.30. The van der Waals surface area contributed by atoms with Gasteiger partial charge in [-0.05, 0) is 42.8 Å². The number of pyridine rings is 1. The molecule has 1 amide bonds. The van der Waals surface area contributed by atoms with Crippen LogP contribution in [0.1, 0.15) is 45.7 Å². The van der Waals surface area contributed by atoms with Crippen LogP contribution in [0.5, 0.6) is 17.2 Å². The van der Waals surface area contributed by atoms with Gasteiger partial charge < -0.3 is 29.5 Å². The second-order valence-corrected chi connectivity index (χ2v) is 9.96. The van der Waals surface area contributed by atoms with Crippen molar-refractivity contribution >= 4 is 11.6 Å². The van der Waals surface area contributed by atoms with Crippen LogP contribution in [0, 0.1) is 5.82 Å². The molecule has 2 unspecified atom stereocenters. The fraction of sp³-hybridized carbons (Fsp3) is 0.379. The summed E-state index contributed by atoms with van der Waals surface area (Å²) in [5.74, 6) is 0.394. The molecule has 39 heavy (non-hydrogen) atoms. The molecule has 1 aromatic heterocycles. The predicted octanol–water partition coefficient (Wildman–Crippen LogP) is 4.05. The number of halogens is 2. The normalized spacial score (nSPS) is 16.9. The number of aromatic nitrogens is 1. The Kier molecular flexibility index (Phi) is 7.31. The molecular weight excluding hydrogens is 508 g/mol. The van der Waals surface area contributed by atoms with E-state index in [-0.39, 0.29) is 30.8 Å².